The molecule has 0 aliphatic heterocycles. The van der Waals surface area contributed by atoms with Gasteiger partial charge < -0.3 is 15.8 Å². The van der Waals surface area contributed by atoms with E-state index < -0.39 is 0 Å². The average molecular weight is 214 g/mol. The quantitative estimate of drug-likeness (QED) is 0.579. The van der Waals surface area contributed by atoms with Crippen LogP contribution in [0.4, 0.5) is 0 Å². The number of nitrogens with one attached hydrogen (secondary N) is 1. The maximum Gasteiger partial charge on any atom is 0.223 e. The van der Waals surface area contributed by atoms with Gasteiger partial charge in [-0.25, -0.2) is 0 Å². The molecule has 15 heavy (non-hydrogen) atoms. The van der Waals surface area contributed by atoms with Gasteiger partial charge in [-0.1, -0.05) is 6.92 Å². The third-order valence-electron chi connectivity index (χ3n) is 2.77. The van der Waals surface area contributed by atoms with Crippen LogP contribution < -0.4 is 11.1 Å². The van der Waals surface area contributed by atoms with E-state index in [0.29, 0.717) is 32.2 Å². The summed E-state index contributed by atoms with van der Waals surface area (Å²) in [5.41, 5.74) is 5.28. The van der Waals surface area contributed by atoms with Crippen molar-refractivity contribution in [1.29, 1.82) is 0 Å². The Bertz CT molecular complexity index is 193. The number of hydrogen-bond donors (Lipinski definition) is 2. The first-order valence-corrected chi connectivity index (χ1v) is 5.81. The molecule has 0 spiro atoms. The van der Waals surface area contributed by atoms with Gasteiger partial charge in [-0.2, -0.15) is 0 Å². The summed E-state index contributed by atoms with van der Waals surface area (Å²) < 4.78 is 5.21. The van der Waals surface area contributed by atoms with Gasteiger partial charge in [-0.15, -0.1) is 0 Å². The molecule has 0 heterocycles. The summed E-state index contributed by atoms with van der Waals surface area (Å²) in [6.45, 7) is 4.56. The van der Waals surface area contributed by atoms with Gasteiger partial charge >= 0.3 is 0 Å². The molecule has 0 bridgehead atoms. The van der Waals surface area contributed by atoms with E-state index >= 15 is 0 Å². The molecular formula is C11H22N2O2. The lowest BCUT2D eigenvalue weighted by Gasteiger charge is -2.10. The normalized spacial score (nSPS) is 17.5. The number of amides is 1. The van der Waals surface area contributed by atoms with Gasteiger partial charge in [0.2, 0.25) is 5.91 Å². The first-order valence-electron chi connectivity index (χ1n) is 5.81. The molecule has 1 amide bonds. The highest BCUT2D eigenvalue weighted by atomic mass is 16.5. The monoisotopic (exact) mass is 214 g/mol. The highest BCUT2D eigenvalue weighted by Crippen LogP contribution is 2.36. The first kappa shape index (κ1) is 12.5. The van der Waals surface area contributed by atoms with E-state index in [0.717, 1.165) is 6.42 Å². The molecule has 88 valence electrons. The molecule has 3 N–H and O–H groups in total. The minimum Gasteiger partial charge on any atom is -0.380 e. The van der Waals surface area contributed by atoms with Crippen molar-refractivity contribution in [1.82, 2.24) is 5.32 Å². The highest BCUT2D eigenvalue weighted by Gasteiger charge is 2.32. The average Bonchev–Trinajstić information content (AvgIpc) is 3.05. The van der Waals surface area contributed by atoms with E-state index in [4.69, 9.17) is 10.5 Å². The van der Waals surface area contributed by atoms with Gasteiger partial charge in [-0.3, -0.25) is 4.79 Å². The molecular weight excluding hydrogens is 192 g/mol. The van der Waals surface area contributed by atoms with Crippen LogP contribution in [0.1, 0.15) is 26.2 Å². The minimum absolute atomic E-state index is 0.190. The molecule has 4 heteroatoms. The minimum atomic E-state index is 0.190. The molecule has 1 atom stereocenters. The molecule has 0 radical (unpaired) electrons. The fourth-order valence-electron chi connectivity index (χ4n) is 1.54. The van der Waals surface area contributed by atoms with Crippen LogP contribution >= 0.6 is 0 Å². The molecule has 1 fully saturated rings. The SMILES string of the molecule is CC(C(=O)NCCCOCCN)C1CC1. The third kappa shape index (κ3) is 5.14. The van der Waals surface area contributed by atoms with E-state index in [-0.39, 0.29) is 11.8 Å². The second-order valence-electron chi connectivity index (χ2n) is 4.17. The van der Waals surface area contributed by atoms with Crippen molar-refractivity contribution in [3.05, 3.63) is 0 Å². The fraction of sp³-hybridized carbons (Fsp3) is 0.909. The molecule has 4 nitrogen and oxygen atoms in total. The molecule has 0 aromatic rings. The lowest BCUT2D eigenvalue weighted by atomic mass is 10.1. The van der Waals surface area contributed by atoms with Crippen molar-refractivity contribution in [3.63, 3.8) is 0 Å². The van der Waals surface area contributed by atoms with Gasteiger partial charge in [0.1, 0.15) is 0 Å². The number of nitrogens with two attached hydrogens (primary N) is 1. The van der Waals surface area contributed by atoms with Crippen LogP contribution in [0.5, 0.6) is 0 Å². The summed E-state index contributed by atoms with van der Waals surface area (Å²) >= 11 is 0. The predicted molar refractivity (Wildman–Crippen MR) is 59.4 cm³/mol. The van der Waals surface area contributed by atoms with Gasteiger partial charge in [-0.05, 0) is 25.2 Å². The van der Waals surface area contributed by atoms with Crippen molar-refractivity contribution in [2.75, 3.05) is 26.3 Å². The van der Waals surface area contributed by atoms with E-state index in [1.165, 1.54) is 12.8 Å². The number of hydrogen-bond acceptors (Lipinski definition) is 3. The number of carbonyl (C=O) groups is 1. The molecule has 1 aliphatic carbocycles. The third-order valence-corrected chi connectivity index (χ3v) is 2.77. The van der Waals surface area contributed by atoms with E-state index in [1.54, 1.807) is 0 Å². The molecule has 1 aliphatic rings. The van der Waals surface area contributed by atoms with Crippen LogP contribution in [-0.4, -0.2) is 32.2 Å². The Hall–Kier alpha value is -0.610. The van der Waals surface area contributed by atoms with Crippen molar-refractivity contribution in [2.24, 2.45) is 17.6 Å². The molecule has 0 aromatic carbocycles. The second-order valence-corrected chi connectivity index (χ2v) is 4.17. The van der Waals surface area contributed by atoms with E-state index in [1.807, 2.05) is 6.92 Å². The number of ether oxygens (including phenoxy) is 1. The van der Waals surface area contributed by atoms with Crippen LogP contribution in [0.15, 0.2) is 0 Å². The maximum absolute atomic E-state index is 11.5. The highest BCUT2D eigenvalue weighted by molar-refractivity contribution is 5.78. The van der Waals surface area contributed by atoms with Gasteiger partial charge in [0.15, 0.2) is 0 Å². The Kier molecular flexibility index (Phi) is 5.65. The standard InChI is InChI=1S/C11H22N2O2/c1-9(10-3-4-10)11(14)13-6-2-7-15-8-5-12/h9-10H,2-8,12H2,1H3,(H,13,14). The molecule has 1 unspecified atom stereocenters. The molecule has 0 aromatic heterocycles. The maximum atomic E-state index is 11.5. The smallest absolute Gasteiger partial charge is 0.223 e. The van der Waals surface area contributed by atoms with Gasteiger partial charge in [0, 0.05) is 25.6 Å². The van der Waals surface area contributed by atoms with Crippen LogP contribution in [0.3, 0.4) is 0 Å². The number of rotatable bonds is 8. The Morgan fingerprint density at radius 1 is 1.53 bits per heavy atom. The summed E-state index contributed by atoms with van der Waals surface area (Å²) in [5, 5.41) is 2.93. The Labute approximate surface area is 91.5 Å². The second kappa shape index (κ2) is 6.80. The van der Waals surface area contributed by atoms with Crippen LogP contribution in [-0.2, 0) is 9.53 Å². The summed E-state index contributed by atoms with van der Waals surface area (Å²) in [7, 11) is 0. The fourth-order valence-corrected chi connectivity index (χ4v) is 1.54. The summed E-state index contributed by atoms with van der Waals surface area (Å²) in [4.78, 5) is 11.5. The van der Waals surface area contributed by atoms with E-state index in [2.05, 4.69) is 5.32 Å². The van der Waals surface area contributed by atoms with Crippen LogP contribution in [0, 0.1) is 11.8 Å². The Morgan fingerprint density at radius 2 is 2.27 bits per heavy atom. The van der Waals surface area contributed by atoms with Crippen molar-refractivity contribution >= 4 is 5.91 Å². The lowest BCUT2D eigenvalue weighted by molar-refractivity contribution is -0.125. The lowest BCUT2D eigenvalue weighted by Crippen LogP contribution is -2.31. The van der Waals surface area contributed by atoms with Crippen molar-refractivity contribution in [2.45, 2.75) is 26.2 Å². The summed E-state index contributed by atoms with van der Waals surface area (Å²) in [6.07, 6.45) is 3.30. The molecule has 1 rings (SSSR count). The Morgan fingerprint density at radius 3 is 2.87 bits per heavy atom. The van der Waals surface area contributed by atoms with Crippen LogP contribution in [0.2, 0.25) is 0 Å². The van der Waals surface area contributed by atoms with Gasteiger partial charge in [0.25, 0.3) is 0 Å². The summed E-state index contributed by atoms with van der Waals surface area (Å²) in [5.74, 6) is 1.02. The molecule has 1 saturated carbocycles. The topological polar surface area (TPSA) is 64.3 Å². The van der Waals surface area contributed by atoms with Crippen LogP contribution in [0.25, 0.3) is 0 Å². The van der Waals surface area contributed by atoms with Crippen molar-refractivity contribution in [3.8, 4) is 0 Å². The van der Waals surface area contributed by atoms with Crippen molar-refractivity contribution < 1.29 is 9.53 Å². The number of carbonyl (C=O) groups excluding carboxylic acids is 1. The first-order chi connectivity index (χ1) is 7.25. The summed E-state index contributed by atoms with van der Waals surface area (Å²) in [6, 6.07) is 0. The Balaban J connectivity index is 1.92. The largest absolute Gasteiger partial charge is 0.380 e. The zero-order valence-corrected chi connectivity index (χ0v) is 9.50. The zero-order valence-electron chi connectivity index (χ0n) is 9.50. The predicted octanol–water partition coefficient (Wildman–Crippen LogP) is 0.514. The van der Waals surface area contributed by atoms with E-state index in [9.17, 15) is 4.79 Å². The van der Waals surface area contributed by atoms with Gasteiger partial charge in [0.05, 0.1) is 6.61 Å². The molecule has 0 saturated heterocycles. The zero-order chi connectivity index (χ0) is 11.1.